The maximum absolute atomic E-state index is 12.3. The average Bonchev–Trinajstić information content (AvgIpc) is 3.33. The summed E-state index contributed by atoms with van der Waals surface area (Å²) < 4.78 is 5.66. The number of carbonyl (C=O) groups is 1. The SMILES string of the molecule is Cc1ccccc1[C@H]1C[C@@H]1C(=O)NCCc1nnc(-c2ccccc2)o1. The van der Waals surface area contributed by atoms with E-state index in [1.807, 2.05) is 42.5 Å². The van der Waals surface area contributed by atoms with Crippen LogP contribution in [0, 0.1) is 12.8 Å². The van der Waals surface area contributed by atoms with Crippen molar-refractivity contribution in [3.63, 3.8) is 0 Å². The molecule has 1 aromatic heterocycles. The molecule has 132 valence electrons. The molecule has 0 unspecified atom stereocenters. The standard InChI is InChI=1S/C21H21N3O2/c1-14-7-5-6-10-16(14)17-13-18(17)20(25)22-12-11-19-23-24-21(26-19)15-8-3-2-4-9-15/h2-10,17-18H,11-13H2,1H3,(H,22,25)/t17-,18+/m1/s1. The first-order chi connectivity index (χ1) is 12.7. The van der Waals surface area contributed by atoms with E-state index in [0.717, 1.165) is 12.0 Å². The molecule has 0 bridgehead atoms. The summed E-state index contributed by atoms with van der Waals surface area (Å²) in [7, 11) is 0. The van der Waals surface area contributed by atoms with Gasteiger partial charge in [-0.25, -0.2) is 0 Å². The average molecular weight is 347 g/mol. The first-order valence-electron chi connectivity index (χ1n) is 8.93. The third-order valence-corrected chi connectivity index (χ3v) is 4.84. The highest BCUT2D eigenvalue weighted by Gasteiger charge is 2.44. The highest BCUT2D eigenvalue weighted by molar-refractivity contribution is 5.83. The maximum Gasteiger partial charge on any atom is 0.247 e. The molecular formula is C21H21N3O2. The second-order valence-electron chi connectivity index (χ2n) is 6.71. The second-order valence-corrected chi connectivity index (χ2v) is 6.71. The van der Waals surface area contributed by atoms with E-state index in [2.05, 4.69) is 34.6 Å². The molecule has 5 nitrogen and oxygen atoms in total. The molecule has 0 radical (unpaired) electrons. The lowest BCUT2D eigenvalue weighted by Gasteiger charge is -2.05. The van der Waals surface area contributed by atoms with Crippen LogP contribution in [0.2, 0.25) is 0 Å². The van der Waals surface area contributed by atoms with Crippen LogP contribution < -0.4 is 5.32 Å². The van der Waals surface area contributed by atoms with Gasteiger partial charge < -0.3 is 9.73 Å². The van der Waals surface area contributed by atoms with Gasteiger partial charge in [-0.1, -0.05) is 42.5 Å². The minimum absolute atomic E-state index is 0.0821. The minimum atomic E-state index is 0.0821. The van der Waals surface area contributed by atoms with Crippen LogP contribution in [0.4, 0.5) is 0 Å². The number of nitrogens with one attached hydrogen (secondary N) is 1. The number of hydrogen-bond acceptors (Lipinski definition) is 4. The number of aromatic nitrogens is 2. The highest BCUT2D eigenvalue weighted by atomic mass is 16.4. The molecule has 0 aliphatic heterocycles. The largest absolute Gasteiger partial charge is 0.421 e. The Balaban J connectivity index is 1.27. The zero-order chi connectivity index (χ0) is 17.9. The number of amides is 1. The Bertz CT molecular complexity index is 904. The number of benzene rings is 2. The third-order valence-electron chi connectivity index (χ3n) is 4.84. The summed E-state index contributed by atoms with van der Waals surface area (Å²) in [6.45, 7) is 2.61. The van der Waals surface area contributed by atoms with Gasteiger partial charge in [-0.15, -0.1) is 10.2 Å². The summed E-state index contributed by atoms with van der Waals surface area (Å²) in [6.07, 6.45) is 1.46. The van der Waals surface area contributed by atoms with Crippen molar-refractivity contribution in [2.45, 2.75) is 25.7 Å². The van der Waals surface area contributed by atoms with Gasteiger partial charge in [-0.05, 0) is 42.5 Å². The lowest BCUT2D eigenvalue weighted by molar-refractivity contribution is -0.122. The normalized spacial score (nSPS) is 18.5. The first kappa shape index (κ1) is 16.5. The van der Waals surface area contributed by atoms with Gasteiger partial charge in [0.1, 0.15) is 0 Å². The molecule has 1 N–H and O–H groups in total. The van der Waals surface area contributed by atoms with Crippen LogP contribution in [0.25, 0.3) is 11.5 Å². The Morgan fingerprint density at radius 2 is 1.88 bits per heavy atom. The van der Waals surface area contributed by atoms with Gasteiger partial charge in [0.15, 0.2) is 0 Å². The van der Waals surface area contributed by atoms with Crippen LogP contribution in [-0.4, -0.2) is 22.6 Å². The van der Waals surface area contributed by atoms with Crippen molar-refractivity contribution >= 4 is 5.91 Å². The van der Waals surface area contributed by atoms with Crippen LogP contribution in [-0.2, 0) is 11.2 Å². The molecule has 2 aromatic carbocycles. The fourth-order valence-electron chi connectivity index (χ4n) is 3.31. The fraction of sp³-hybridized carbons (Fsp3) is 0.286. The molecule has 1 aliphatic rings. The molecule has 26 heavy (non-hydrogen) atoms. The Kier molecular flexibility index (Phi) is 4.52. The second kappa shape index (κ2) is 7.12. The fourth-order valence-corrected chi connectivity index (χ4v) is 3.31. The summed E-state index contributed by atoms with van der Waals surface area (Å²) in [5.74, 6) is 1.59. The number of aryl methyl sites for hydroxylation is 1. The molecule has 2 atom stereocenters. The van der Waals surface area contributed by atoms with Crippen LogP contribution in [0.15, 0.2) is 59.0 Å². The van der Waals surface area contributed by atoms with E-state index in [1.165, 1.54) is 11.1 Å². The Hall–Kier alpha value is -2.95. The quantitative estimate of drug-likeness (QED) is 0.741. The van der Waals surface area contributed by atoms with Crippen molar-refractivity contribution in [1.29, 1.82) is 0 Å². The minimum Gasteiger partial charge on any atom is -0.421 e. The van der Waals surface area contributed by atoms with Crippen molar-refractivity contribution in [2.24, 2.45) is 5.92 Å². The molecule has 1 heterocycles. The Morgan fingerprint density at radius 3 is 2.69 bits per heavy atom. The van der Waals surface area contributed by atoms with Crippen molar-refractivity contribution in [1.82, 2.24) is 15.5 Å². The molecule has 3 aromatic rings. The number of rotatable bonds is 6. The van der Waals surface area contributed by atoms with Gasteiger partial charge >= 0.3 is 0 Å². The smallest absolute Gasteiger partial charge is 0.247 e. The van der Waals surface area contributed by atoms with E-state index in [4.69, 9.17) is 4.42 Å². The van der Waals surface area contributed by atoms with Crippen molar-refractivity contribution < 1.29 is 9.21 Å². The maximum atomic E-state index is 12.3. The summed E-state index contributed by atoms with van der Waals surface area (Å²) in [5, 5.41) is 11.1. The van der Waals surface area contributed by atoms with E-state index < -0.39 is 0 Å². The van der Waals surface area contributed by atoms with Gasteiger partial charge in [-0.3, -0.25) is 4.79 Å². The van der Waals surface area contributed by atoms with E-state index in [0.29, 0.717) is 30.7 Å². The molecule has 4 rings (SSSR count). The first-order valence-corrected chi connectivity index (χ1v) is 8.93. The monoisotopic (exact) mass is 347 g/mol. The number of nitrogens with zero attached hydrogens (tertiary/aromatic N) is 2. The summed E-state index contributed by atoms with van der Waals surface area (Å²) in [5.41, 5.74) is 3.44. The van der Waals surface area contributed by atoms with Crippen molar-refractivity contribution in [3.05, 3.63) is 71.6 Å². The highest BCUT2D eigenvalue weighted by Crippen LogP contribution is 2.48. The zero-order valence-corrected chi connectivity index (χ0v) is 14.7. The number of hydrogen-bond donors (Lipinski definition) is 1. The molecule has 1 aliphatic carbocycles. The van der Waals surface area contributed by atoms with Crippen LogP contribution in [0.1, 0.15) is 29.4 Å². The van der Waals surface area contributed by atoms with Gasteiger partial charge in [0.2, 0.25) is 17.7 Å². The lowest BCUT2D eigenvalue weighted by Crippen LogP contribution is -2.27. The van der Waals surface area contributed by atoms with Gasteiger partial charge in [0.05, 0.1) is 0 Å². The van der Waals surface area contributed by atoms with E-state index in [9.17, 15) is 4.79 Å². The predicted molar refractivity (Wildman–Crippen MR) is 98.5 cm³/mol. The van der Waals surface area contributed by atoms with E-state index in [1.54, 1.807) is 0 Å². The molecule has 1 amide bonds. The Morgan fingerprint density at radius 1 is 1.12 bits per heavy atom. The molecular weight excluding hydrogens is 326 g/mol. The van der Waals surface area contributed by atoms with Gasteiger partial charge in [0.25, 0.3) is 0 Å². The van der Waals surface area contributed by atoms with Crippen molar-refractivity contribution in [2.75, 3.05) is 6.54 Å². The van der Waals surface area contributed by atoms with Gasteiger partial charge in [0, 0.05) is 24.4 Å². The van der Waals surface area contributed by atoms with Crippen LogP contribution in [0.3, 0.4) is 0 Å². The van der Waals surface area contributed by atoms with Crippen LogP contribution in [0.5, 0.6) is 0 Å². The van der Waals surface area contributed by atoms with E-state index >= 15 is 0 Å². The summed E-state index contributed by atoms with van der Waals surface area (Å²) in [4.78, 5) is 12.3. The molecule has 0 spiro atoms. The van der Waals surface area contributed by atoms with E-state index in [-0.39, 0.29) is 11.8 Å². The molecule has 5 heteroatoms. The zero-order valence-electron chi connectivity index (χ0n) is 14.7. The third kappa shape index (κ3) is 3.52. The van der Waals surface area contributed by atoms with Gasteiger partial charge in [-0.2, -0.15) is 0 Å². The molecule has 1 fully saturated rings. The number of carbonyl (C=O) groups excluding carboxylic acids is 1. The topological polar surface area (TPSA) is 68.0 Å². The van der Waals surface area contributed by atoms with Crippen molar-refractivity contribution in [3.8, 4) is 11.5 Å². The molecule has 1 saturated carbocycles. The summed E-state index contributed by atoms with van der Waals surface area (Å²) in [6, 6.07) is 18.0. The summed E-state index contributed by atoms with van der Waals surface area (Å²) >= 11 is 0. The lowest BCUT2D eigenvalue weighted by atomic mass is 10.0. The molecule has 0 saturated heterocycles. The Labute approximate surface area is 152 Å². The van der Waals surface area contributed by atoms with Crippen LogP contribution >= 0.6 is 0 Å². The predicted octanol–water partition coefficient (Wildman–Crippen LogP) is 3.51.